The van der Waals surface area contributed by atoms with Crippen molar-refractivity contribution >= 4 is 0 Å². The summed E-state index contributed by atoms with van der Waals surface area (Å²) in [5.74, 6) is 0. The van der Waals surface area contributed by atoms with Crippen molar-refractivity contribution in [2.24, 2.45) is 0 Å². The minimum absolute atomic E-state index is 0.0963. The highest BCUT2D eigenvalue weighted by molar-refractivity contribution is 5.59. The summed E-state index contributed by atoms with van der Waals surface area (Å²) in [7, 11) is 0. The molecule has 0 unspecified atom stereocenters. The highest BCUT2D eigenvalue weighted by Crippen LogP contribution is 2.32. The minimum Gasteiger partial charge on any atom is -0.236 e. The van der Waals surface area contributed by atoms with Gasteiger partial charge in [0, 0.05) is 5.56 Å². The average molecular weight is 292 g/mol. The summed E-state index contributed by atoms with van der Waals surface area (Å²) in [5, 5.41) is 0. The molecule has 106 valence electrons. The molecule has 0 aliphatic heterocycles. The quantitative estimate of drug-likeness (QED) is 0.737. The first kappa shape index (κ1) is 14.3. The van der Waals surface area contributed by atoms with Crippen molar-refractivity contribution in [1.29, 1.82) is 0 Å². The fourth-order valence-electron chi connectivity index (χ4n) is 1.50. The molecule has 0 N–H and O–H groups in total. The number of benzene rings is 1. The maximum absolute atomic E-state index is 12.5. The van der Waals surface area contributed by atoms with Gasteiger partial charge in [-0.05, 0) is 18.2 Å². The van der Waals surface area contributed by atoms with Crippen molar-refractivity contribution in [3.8, 4) is 11.3 Å². The third-order valence-corrected chi connectivity index (χ3v) is 2.47. The van der Waals surface area contributed by atoms with Crippen LogP contribution in [0.1, 0.15) is 11.3 Å². The molecule has 1 heterocycles. The van der Waals surface area contributed by atoms with Crippen LogP contribution in [0.25, 0.3) is 11.3 Å². The van der Waals surface area contributed by atoms with Crippen LogP contribution >= 0.6 is 0 Å². The van der Waals surface area contributed by atoms with Gasteiger partial charge in [-0.1, -0.05) is 12.1 Å². The van der Waals surface area contributed by atoms with E-state index in [0.29, 0.717) is 6.07 Å². The summed E-state index contributed by atoms with van der Waals surface area (Å²) in [6, 6.07) is 4.37. The molecule has 0 aliphatic rings. The average Bonchev–Trinajstić information content (AvgIpc) is 2.37. The largest absolute Gasteiger partial charge is 0.433 e. The fraction of sp³-hybridized carbons (Fsp3) is 0.167. The molecule has 0 bridgehead atoms. The zero-order chi connectivity index (χ0) is 15.0. The summed E-state index contributed by atoms with van der Waals surface area (Å²) in [6.45, 7) is 0. The Bertz CT molecular complexity index is 601. The Balaban J connectivity index is 2.38. The number of halogens is 6. The third kappa shape index (κ3) is 3.06. The molecular weight excluding hydrogens is 286 g/mol. The van der Waals surface area contributed by atoms with Crippen molar-refractivity contribution in [2.45, 2.75) is 12.4 Å². The van der Waals surface area contributed by atoms with Crippen LogP contribution in [-0.4, -0.2) is 9.97 Å². The highest BCUT2D eigenvalue weighted by atomic mass is 19.4. The topological polar surface area (TPSA) is 25.8 Å². The Kier molecular flexibility index (Phi) is 3.41. The van der Waals surface area contributed by atoms with Crippen molar-refractivity contribution in [3.63, 3.8) is 0 Å². The van der Waals surface area contributed by atoms with Gasteiger partial charge in [-0.15, -0.1) is 0 Å². The van der Waals surface area contributed by atoms with Gasteiger partial charge in [-0.25, -0.2) is 9.97 Å². The molecule has 1 aromatic heterocycles. The van der Waals surface area contributed by atoms with E-state index in [-0.39, 0.29) is 11.3 Å². The minimum atomic E-state index is -4.64. The molecular formula is C12H6F6N2. The van der Waals surface area contributed by atoms with Gasteiger partial charge in [0.1, 0.15) is 12.0 Å². The van der Waals surface area contributed by atoms with Crippen LogP contribution in [0, 0.1) is 0 Å². The number of hydrogen-bond donors (Lipinski definition) is 0. The normalized spacial score (nSPS) is 12.5. The second kappa shape index (κ2) is 4.77. The van der Waals surface area contributed by atoms with Gasteiger partial charge in [-0.3, -0.25) is 0 Å². The van der Waals surface area contributed by atoms with Crippen molar-refractivity contribution in [1.82, 2.24) is 9.97 Å². The lowest BCUT2D eigenvalue weighted by Crippen LogP contribution is -2.08. The summed E-state index contributed by atoms with van der Waals surface area (Å²) >= 11 is 0. The Labute approximate surface area is 109 Å². The maximum Gasteiger partial charge on any atom is 0.433 e. The van der Waals surface area contributed by atoms with Crippen molar-refractivity contribution in [2.75, 3.05) is 0 Å². The molecule has 0 spiro atoms. The van der Waals surface area contributed by atoms with E-state index < -0.39 is 23.6 Å². The Morgan fingerprint density at radius 2 is 1.35 bits per heavy atom. The third-order valence-electron chi connectivity index (χ3n) is 2.47. The highest BCUT2D eigenvalue weighted by Gasteiger charge is 2.33. The van der Waals surface area contributed by atoms with Crippen LogP contribution in [0.4, 0.5) is 26.3 Å². The van der Waals surface area contributed by atoms with Crippen LogP contribution in [0.3, 0.4) is 0 Å². The van der Waals surface area contributed by atoms with Crippen molar-refractivity contribution in [3.05, 3.63) is 47.9 Å². The second-order valence-corrected chi connectivity index (χ2v) is 3.86. The summed E-state index contributed by atoms with van der Waals surface area (Å²) in [5.41, 5.74) is -1.99. The molecule has 0 amide bonds. The summed E-state index contributed by atoms with van der Waals surface area (Å²) in [4.78, 5) is 6.70. The van der Waals surface area contributed by atoms with Crippen LogP contribution in [0.15, 0.2) is 36.7 Å². The lowest BCUT2D eigenvalue weighted by Gasteiger charge is -2.09. The SMILES string of the molecule is FC(F)(F)c1ccc(-c2cc(C(F)(F)F)ncn2)cc1. The molecule has 8 heteroatoms. The van der Waals surface area contributed by atoms with Crippen LogP contribution in [0.5, 0.6) is 0 Å². The number of alkyl halides is 6. The zero-order valence-electron chi connectivity index (χ0n) is 9.63. The number of rotatable bonds is 1. The Morgan fingerprint density at radius 3 is 1.85 bits per heavy atom. The van der Waals surface area contributed by atoms with Gasteiger partial charge >= 0.3 is 12.4 Å². The summed E-state index contributed by atoms with van der Waals surface area (Å²) in [6.07, 6.45) is -8.42. The van der Waals surface area contributed by atoms with Crippen LogP contribution < -0.4 is 0 Å². The lowest BCUT2D eigenvalue weighted by molar-refractivity contribution is -0.141. The van der Waals surface area contributed by atoms with E-state index in [1.807, 2.05) is 0 Å². The maximum atomic E-state index is 12.5. The molecule has 0 saturated carbocycles. The molecule has 0 aliphatic carbocycles. The van der Waals surface area contributed by atoms with Gasteiger partial charge in [0.2, 0.25) is 0 Å². The first-order valence-corrected chi connectivity index (χ1v) is 5.25. The van der Waals surface area contributed by atoms with E-state index in [0.717, 1.165) is 30.6 Å². The molecule has 2 nitrogen and oxygen atoms in total. The second-order valence-electron chi connectivity index (χ2n) is 3.86. The van der Waals surface area contributed by atoms with Crippen molar-refractivity contribution < 1.29 is 26.3 Å². The predicted octanol–water partition coefficient (Wildman–Crippen LogP) is 4.18. The first-order valence-electron chi connectivity index (χ1n) is 5.25. The number of hydrogen-bond acceptors (Lipinski definition) is 2. The molecule has 0 atom stereocenters. The van der Waals surface area contributed by atoms with E-state index in [1.54, 1.807) is 0 Å². The predicted molar refractivity (Wildman–Crippen MR) is 57.5 cm³/mol. The first-order chi connectivity index (χ1) is 9.18. The summed E-state index contributed by atoms with van der Waals surface area (Å²) < 4.78 is 74.5. The zero-order valence-corrected chi connectivity index (χ0v) is 9.63. The van der Waals surface area contributed by atoms with E-state index in [9.17, 15) is 26.3 Å². The molecule has 0 radical (unpaired) electrons. The molecule has 20 heavy (non-hydrogen) atoms. The number of aromatic nitrogens is 2. The fourth-order valence-corrected chi connectivity index (χ4v) is 1.50. The van der Waals surface area contributed by atoms with Crippen LogP contribution in [-0.2, 0) is 12.4 Å². The van der Waals surface area contributed by atoms with Gasteiger partial charge in [0.05, 0.1) is 11.3 Å². The van der Waals surface area contributed by atoms with Crippen LogP contribution in [0.2, 0.25) is 0 Å². The molecule has 0 saturated heterocycles. The molecule has 2 aromatic rings. The molecule has 1 aromatic carbocycles. The standard InChI is InChI=1S/C12H6F6N2/c13-11(14,15)8-3-1-7(2-4-8)9-5-10(12(16,17)18)20-6-19-9/h1-6H. The monoisotopic (exact) mass is 292 g/mol. The smallest absolute Gasteiger partial charge is 0.236 e. The van der Waals surface area contributed by atoms with Gasteiger partial charge in [-0.2, -0.15) is 26.3 Å². The van der Waals surface area contributed by atoms with E-state index in [1.165, 1.54) is 0 Å². The van der Waals surface area contributed by atoms with Gasteiger partial charge in [0.25, 0.3) is 0 Å². The number of nitrogens with zero attached hydrogens (tertiary/aromatic N) is 2. The van der Waals surface area contributed by atoms with E-state index >= 15 is 0 Å². The van der Waals surface area contributed by atoms with E-state index in [2.05, 4.69) is 9.97 Å². The Hall–Kier alpha value is -2.12. The Morgan fingerprint density at radius 1 is 0.750 bits per heavy atom. The van der Waals surface area contributed by atoms with E-state index in [4.69, 9.17) is 0 Å². The van der Waals surface area contributed by atoms with Gasteiger partial charge < -0.3 is 0 Å². The molecule has 2 rings (SSSR count). The lowest BCUT2D eigenvalue weighted by atomic mass is 10.1. The molecule has 0 fully saturated rings. The van der Waals surface area contributed by atoms with Gasteiger partial charge in [0.15, 0.2) is 0 Å².